The molecule has 2 unspecified atom stereocenters. The minimum atomic E-state index is 0.0403. The molecule has 0 spiro atoms. The number of nitrogens with zero attached hydrogens (tertiary/aromatic N) is 4. The Morgan fingerprint density at radius 3 is 2.74 bits per heavy atom. The third-order valence-electron chi connectivity index (χ3n) is 5.57. The molecule has 4 rings (SSSR count). The van der Waals surface area contributed by atoms with Gasteiger partial charge in [-0.1, -0.05) is 0 Å². The molecule has 0 radical (unpaired) electrons. The van der Waals surface area contributed by atoms with Crippen LogP contribution in [0, 0.1) is 5.92 Å². The Bertz CT molecular complexity index is 547. The van der Waals surface area contributed by atoms with E-state index in [1.165, 1.54) is 12.8 Å². The van der Waals surface area contributed by atoms with Gasteiger partial charge in [-0.25, -0.2) is 4.98 Å². The van der Waals surface area contributed by atoms with Crippen molar-refractivity contribution in [3.8, 4) is 0 Å². The van der Waals surface area contributed by atoms with E-state index in [1.54, 1.807) is 18.6 Å². The fraction of sp³-hybridized carbons (Fsp3) is 0.706. The van der Waals surface area contributed by atoms with Gasteiger partial charge in [0.05, 0.1) is 6.20 Å². The largest absolute Gasteiger partial charge is 0.381 e. The molecule has 4 heterocycles. The van der Waals surface area contributed by atoms with E-state index in [-0.39, 0.29) is 5.91 Å². The van der Waals surface area contributed by atoms with Gasteiger partial charge in [0.15, 0.2) is 0 Å². The highest BCUT2D eigenvalue weighted by Gasteiger charge is 2.45. The van der Waals surface area contributed by atoms with Gasteiger partial charge < -0.3 is 9.64 Å². The summed E-state index contributed by atoms with van der Waals surface area (Å²) in [6, 6.07) is 0.878. The second-order valence-electron chi connectivity index (χ2n) is 6.85. The normalized spacial score (nSPS) is 29.0. The van der Waals surface area contributed by atoms with Gasteiger partial charge in [-0.05, 0) is 31.6 Å². The number of aromatic nitrogens is 2. The predicted octanol–water partition coefficient (Wildman–Crippen LogP) is 1.19. The summed E-state index contributed by atoms with van der Waals surface area (Å²) < 4.78 is 5.46. The number of ether oxygens (including phenoxy) is 1. The van der Waals surface area contributed by atoms with Crippen LogP contribution in [0.5, 0.6) is 0 Å². The van der Waals surface area contributed by atoms with E-state index in [0.717, 1.165) is 51.6 Å². The van der Waals surface area contributed by atoms with Gasteiger partial charge >= 0.3 is 0 Å². The first-order valence-electron chi connectivity index (χ1n) is 8.71. The zero-order chi connectivity index (χ0) is 15.6. The first kappa shape index (κ1) is 15.0. The Morgan fingerprint density at radius 1 is 1.13 bits per heavy atom. The van der Waals surface area contributed by atoms with Crippen LogP contribution in [0.2, 0.25) is 0 Å². The van der Waals surface area contributed by atoms with E-state index in [9.17, 15) is 4.79 Å². The Morgan fingerprint density at radius 2 is 1.96 bits per heavy atom. The Labute approximate surface area is 136 Å². The first-order valence-corrected chi connectivity index (χ1v) is 8.71. The summed E-state index contributed by atoms with van der Waals surface area (Å²) in [6.07, 6.45) is 9.29. The molecule has 0 N–H and O–H groups in total. The number of hydrogen-bond acceptors (Lipinski definition) is 5. The van der Waals surface area contributed by atoms with E-state index >= 15 is 0 Å². The van der Waals surface area contributed by atoms with Crippen molar-refractivity contribution in [3.63, 3.8) is 0 Å². The van der Waals surface area contributed by atoms with Crippen LogP contribution in [0.3, 0.4) is 0 Å². The molecule has 0 aromatic carbocycles. The van der Waals surface area contributed by atoms with Gasteiger partial charge in [0.1, 0.15) is 5.69 Å². The van der Waals surface area contributed by atoms with E-state index in [2.05, 4.69) is 14.9 Å². The highest BCUT2D eigenvalue weighted by molar-refractivity contribution is 5.92. The Hall–Kier alpha value is -1.53. The van der Waals surface area contributed by atoms with Crippen LogP contribution in [0.4, 0.5) is 0 Å². The van der Waals surface area contributed by atoms with Crippen LogP contribution < -0.4 is 0 Å². The molecule has 3 aliphatic rings. The minimum absolute atomic E-state index is 0.0403. The van der Waals surface area contributed by atoms with Crippen molar-refractivity contribution in [2.45, 2.75) is 37.8 Å². The quantitative estimate of drug-likeness (QED) is 0.838. The molecule has 3 fully saturated rings. The van der Waals surface area contributed by atoms with E-state index < -0.39 is 0 Å². The van der Waals surface area contributed by atoms with E-state index in [1.807, 2.05) is 4.90 Å². The van der Waals surface area contributed by atoms with Crippen molar-refractivity contribution in [2.24, 2.45) is 5.92 Å². The summed E-state index contributed by atoms with van der Waals surface area (Å²) in [5.74, 6) is 0.797. The topological polar surface area (TPSA) is 58.6 Å². The van der Waals surface area contributed by atoms with Crippen LogP contribution >= 0.6 is 0 Å². The molecule has 6 nitrogen and oxygen atoms in total. The van der Waals surface area contributed by atoms with Crippen LogP contribution in [-0.4, -0.2) is 70.6 Å². The highest BCUT2D eigenvalue weighted by Crippen LogP contribution is 2.33. The molecule has 0 bridgehead atoms. The Balaban J connectivity index is 1.40. The highest BCUT2D eigenvalue weighted by atomic mass is 16.5. The van der Waals surface area contributed by atoms with Crippen molar-refractivity contribution in [1.29, 1.82) is 0 Å². The standard InChI is InChI=1S/C17H24N4O2/c22-17(14-11-18-5-6-19-14)21-8-2-15-16(21)1-7-20(15)12-13-3-9-23-10-4-13/h5-6,11,13,15-16H,1-4,7-10,12H2. The number of hydrogen-bond donors (Lipinski definition) is 0. The summed E-state index contributed by atoms with van der Waals surface area (Å²) >= 11 is 0. The molecule has 1 amide bonds. The molecule has 23 heavy (non-hydrogen) atoms. The lowest BCUT2D eigenvalue weighted by Gasteiger charge is -2.30. The number of amides is 1. The fourth-order valence-corrected chi connectivity index (χ4v) is 4.37. The van der Waals surface area contributed by atoms with Crippen molar-refractivity contribution in [1.82, 2.24) is 19.8 Å². The van der Waals surface area contributed by atoms with Crippen LogP contribution in [0.15, 0.2) is 18.6 Å². The molecule has 124 valence electrons. The maximum atomic E-state index is 12.7. The lowest BCUT2D eigenvalue weighted by atomic mass is 9.99. The van der Waals surface area contributed by atoms with Gasteiger partial charge in [-0.2, -0.15) is 0 Å². The smallest absolute Gasteiger partial charge is 0.274 e. The van der Waals surface area contributed by atoms with Crippen LogP contribution in [-0.2, 0) is 4.74 Å². The van der Waals surface area contributed by atoms with E-state index in [0.29, 0.717) is 17.8 Å². The Kier molecular flexibility index (Phi) is 4.27. The lowest BCUT2D eigenvalue weighted by molar-refractivity contribution is 0.0502. The molecule has 6 heteroatoms. The van der Waals surface area contributed by atoms with Crippen molar-refractivity contribution in [2.75, 3.05) is 32.8 Å². The zero-order valence-corrected chi connectivity index (χ0v) is 13.4. The number of carbonyl (C=O) groups excluding carboxylic acids is 1. The van der Waals surface area contributed by atoms with Gasteiger partial charge in [-0.3, -0.25) is 14.7 Å². The van der Waals surface area contributed by atoms with Crippen molar-refractivity contribution in [3.05, 3.63) is 24.3 Å². The second kappa shape index (κ2) is 6.53. The zero-order valence-electron chi connectivity index (χ0n) is 13.4. The summed E-state index contributed by atoms with van der Waals surface area (Å²) in [7, 11) is 0. The molecule has 1 aromatic rings. The second-order valence-corrected chi connectivity index (χ2v) is 6.85. The summed E-state index contributed by atoms with van der Waals surface area (Å²) in [4.78, 5) is 25.5. The van der Waals surface area contributed by atoms with E-state index in [4.69, 9.17) is 4.74 Å². The van der Waals surface area contributed by atoms with Crippen molar-refractivity contribution < 1.29 is 9.53 Å². The third kappa shape index (κ3) is 2.97. The average molecular weight is 316 g/mol. The van der Waals surface area contributed by atoms with Crippen LogP contribution in [0.1, 0.15) is 36.2 Å². The molecule has 0 saturated carbocycles. The first-order chi connectivity index (χ1) is 11.3. The predicted molar refractivity (Wildman–Crippen MR) is 85.0 cm³/mol. The third-order valence-corrected chi connectivity index (χ3v) is 5.57. The minimum Gasteiger partial charge on any atom is -0.381 e. The van der Waals surface area contributed by atoms with Gasteiger partial charge in [-0.15, -0.1) is 0 Å². The number of rotatable bonds is 3. The van der Waals surface area contributed by atoms with Gasteiger partial charge in [0.25, 0.3) is 5.91 Å². The number of fused-ring (bicyclic) bond motifs is 1. The van der Waals surface area contributed by atoms with Crippen molar-refractivity contribution >= 4 is 5.91 Å². The molecular weight excluding hydrogens is 292 g/mol. The van der Waals surface area contributed by atoms with Crippen LogP contribution in [0.25, 0.3) is 0 Å². The molecule has 0 aliphatic carbocycles. The molecule has 3 aliphatic heterocycles. The summed E-state index contributed by atoms with van der Waals surface area (Å²) in [6.45, 7) is 4.93. The maximum Gasteiger partial charge on any atom is 0.274 e. The fourth-order valence-electron chi connectivity index (χ4n) is 4.37. The number of carbonyl (C=O) groups is 1. The summed E-state index contributed by atoms with van der Waals surface area (Å²) in [5.41, 5.74) is 0.469. The molecule has 3 saturated heterocycles. The average Bonchev–Trinajstić information content (AvgIpc) is 3.19. The molecule has 1 aromatic heterocycles. The lowest BCUT2D eigenvalue weighted by Crippen LogP contribution is -2.41. The maximum absolute atomic E-state index is 12.7. The molecule has 2 atom stereocenters. The monoisotopic (exact) mass is 316 g/mol. The van der Waals surface area contributed by atoms with Gasteiger partial charge in [0.2, 0.25) is 0 Å². The molecular formula is C17H24N4O2. The summed E-state index contributed by atoms with van der Waals surface area (Å²) in [5, 5.41) is 0. The van der Waals surface area contributed by atoms with Gasteiger partial charge in [0, 0.05) is 57.3 Å². The number of likely N-dealkylation sites (tertiary alicyclic amines) is 2. The SMILES string of the molecule is O=C(c1cnccn1)N1CCC2C1CCN2CC1CCOCC1.